The highest BCUT2D eigenvalue weighted by molar-refractivity contribution is 6.09. The quantitative estimate of drug-likeness (QED) is 0.182. The molecular weight excluding hydrogens is 681 g/mol. The number of para-hydroxylation sites is 2. The van der Waals surface area contributed by atoms with E-state index in [0.29, 0.717) is 5.82 Å². The standard InChI is InChI=1S/C53H32N2O/c1-2-14-35(15-3-1)52-54-47(34-30-28-33(29-31-34)36-20-12-21-40-39-18-7-11-27-49(39)56-51(36)40)32-48(55-52)42-22-13-26-46-50(42)41-19-6-10-25-45(41)53(46)43-23-8-4-16-37(43)38-17-5-9-24-44(38)53/h1-32H. The third kappa shape index (κ3) is 4.28. The van der Waals surface area contributed by atoms with Crippen molar-refractivity contribution in [3.63, 3.8) is 0 Å². The van der Waals surface area contributed by atoms with Crippen LogP contribution in [0.1, 0.15) is 22.3 Å². The molecule has 0 amide bonds. The van der Waals surface area contributed by atoms with Crippen LogP contribution in [0, 0.1) is 0 Å². The zero-order valence-corrected chi connectivity index (χ0v) is 30.3. The SMILES string of the molecule is c1ccc(-c2nc(-c3ccc(-c4cccc5c4oc4ccccc45)cc3)cc(-c3cccc4c3-c3ccccc3C43c4ccccc4-c4ccccc43)n2)cc1. The highest BCUT2D eigenvalue weighted by Gasteiger charge is 2.52. The molecule has 3 heteroatoms. The molecule has 0 bridgehead atoms. The summed E-state index contributed by atoms with van der Waals surface area (Å²) in [5.41, 5.74) is 18.7. The van der Waals surface area contributed by atoms with Gasteiger partial charge < -0.3 is 4.42 Å². The van der Waals surface area contributed by atoms with Gasteiger partial charge in [-0.1, -0.05) is 182 Å². The molecule has 0 saturated heterocycles. The average molecular weight is 713 g/mol. The molecule has 3 nitrogen and oxygen atoms in total. The molecule has 0 saturated carbocycles. The second-order valence-electron chi connectivity index (χ2n) is 14.8. The molecular formula is C53H32N2O. The Kier molecular flexibility index (Phi) is 6.55. The van der Waals surface area contributed by atoms with Gasteiger partial charge in [-0.15, -0.1) is 0 Å². The number of furan rings is 1. The van der Waals surface area contributed by atoms with Gasteiger partial charge in [-0.05, 0) is 62.2 Å². The third-order valence-corrected chi connectivity index (χ3v) is 12.0. The first-order chi connectivity index (χ1) is 27.8. The lowest BCUT2D eigenvalue weighted by atomic mass is 9.70. The predicted molar refractivity (Wildman–Crippen MR) is 227 cm³/mol. The smallest absolute Gasteiger partial charge is 0.160 e. The largest absolute Gasteiger partial charge is 0.455 e. The van der Waals surface area contributed by atoms with Crippen LogP contribution in [0.25, 0.3) is 89.2 Å². The van der Waals surface area contributed by atoms with E-state index in [-0.39, 0.29) is 0 Å². The van der Waals surface area contributed by atoms with Crippen molar-refractivity contribution >= 4 is 21.9 Å². The number of rotatable bonds is 4. The summed E-state index contributed by atoms with van der Waals surface area (Å²) in [7, 11) is 0. The van der Waals surface area contributed by atoms with Crippen molar-refractivity contribution in [3.05, 3.63) is 216 Å². The normalized spacial score (nSPS) is 13.1. The Bertz CT molecular complexity index is 3150. The maximum absolute atomic E-state index is 6.40. The fourth-order valence-electron chi connectivity index (χ4n) is 9.60. The van der Waals surface area contributed by atoms with Gasteiger partial charge in [-0.25, -0.2) is 9.97 Å². The molecule has 0 atom stereocenters. The molecule has 2 aliphatic carbocycles. The van der Waals surface area contributed by atoms with Crippen molar-refractivity contribution in [2.75, 3.05) is 0 Å². The minimum Gasteiger partial charge on any atom is -0.455 e. The van der Waals surface area contributed by atoms with Gasteiger partial charge in [0.15, 0.2) is 5.82 Å². The van der Waals surface area contributed by atoms with Crippen molar-refractivity contribution < 1.29 is 4.42 Å². The van der Waals surface area contributed by atoms with Gasteiger partial charge in [-0.2, -0.15) is 0 Å². The topological polar surface area (TPSA) is 38.9 Å². The summed E-state index contributed by atoms with van der Waals surface area (Å²) < 4.78 is 6.40. The Morgan fingerprint density at radius 3 is 1.66 bits per heavy atom. The van der Waals surface area contributed by atoms with Crippen molar-refractivity contribution in [1.29, 1.82) is 0 Å². The van der Waals surface area contributed by atoms with E-state index >= 15 is 0 Å². The van der Waals surface area contributed by atoms with Crippen molar-refractivity contribution in [2.24, 2.45) is 0 Å². The van der Waals surface area contributed by atoms with E-state index in [9.17, 15) is 0 Å². The van der Waals surface area contributed by atoms with E-state index in [0.717, 1.165) is 61.1 Å². The van der Waals surface area contributed by atoms with Gasteiger partial charge in [-0.3, -0.25) is 0 Å². The summed E-state index contributed by atoms with van der Waals surface area (Å²) in [6, 6.07) is 69.4. The molecule has 56 heavy (non-hydrogen) atoms. The lowest BCUT2D eigenvalue weighted by molar-refractivity contribution is 0.670. The van der Waals surface area contributed by atoms with E-state index in [2.05, 4.69) is 164 Å². The Morgan fingerprint density at radius 1 is 0.357 bits per heavy atom. The fourth-order valence-corrected chi connectivity index (χ4v) is 9.60. The van der Waals surface area contributed by atoms with Crippen LogP contribution in [0.15, 0.2) is 199 Å². The Labute approximate surface area is 324 Å². The van der Waals surface area contributed by atoms with E-state index in [4.69, 9.17) is 14.4 Å². The number of benzene rings is 8. The molecule has 0 radical (unpaired) electrons. The predicted octanol–water partition coefficient (Wildman–Crippen LogP) is 13.4. The minimum absolute atomic E-state index is 0.425. The van der Waals surface area contributed by atoms with E-state index in [1.165, 1.54) is 44.5 Å². The molecule has 12 rings (SSSR count). The molecule has 0 N–H and O–H groups in total. The van der Waals surface area contributed by atoms with Crippen LogP contribution >= 0.6 is 0 Å². The average Bonchev–Trinajstić information content (AvgIpc) is 3.91. The highest BCUT2D eigenvalue weighted by atomic mass is 16.3. The molecule has 2 heterocycles. The van der Waals surface area contributed by atoms with Crippen LogP contribution in [-0.4, -0.2) is 9.97 Å². The lowest BCUT2D eigenvalue weighted by Gasteiger charge is -2.30. The number of aromatic nitrogens is 2. The van der Waals surface area contributed by atoms with E-state index < -0.39 is 5.41 Å². The molecule has 2 aliphatic rings. The van der Waals surface area contributed by atoms with Crippen LogP contribution in [0.3, 0.4) is 0 Å². The molecule has 2 aromatic heterocycles. The lowest BCUT2D eigenvalue weighted by Crippen LogP contribution is -2.25. The summed E-state index contributed by atoms with van der Waals surface area (Å²) in [5, 5.41) is 2.25. The first-order valence-corrected chi connectivity index (χ1v) is 19.2. The van der Waals surface area contributed by atoms with E-state index in [1.54, 1.807) is 0 Å². The third-order valence-electron chi connectivity index (χ3n) is 12.0. The summed E-state index contributed by atoms with van der Waals surface area (Å²) in [4.78, 5) is 10.6. The minimum atomic E-state index is -0.425. The van der Waals surface area contributed by atoms with Gasteiger partial charge in [0.05, 0.1) is 16.8 Å². The monoisotopic (exact) mass is 712 g/mol. The molecule has 260 valence electrons. The second-order valence-corrected chi connectivity index (χ2v) is 14.8. The van der Waals surface area contributed by atoms with Crippen LogP contribution in [0.5, 0.6) is 0 Å². The molecule has 0 aliphatic heterocycles. The Hall–Kier alpha value is -7.36. The molecule has 10 aromatic rings. The van der Waals surface area contributed by atoms with Gasteiger partial charge in [0.1, 0.15) is 11.2 Å². The maximum Gasteiger partial charge on any atom is 0.160 e. The Morgan fingerprint density at radius 2 is 0.893 bits per heavy atom. The van der Waals surface area contributed by atoms with Crippen molar-refractivity contribution in [3.8, 4) is 67.3 Å². The van der Waals surface area contributed by atoms with Crippen molar-refractivity contribution in [2.45, 2.75) is 5.41 Å². The first kappa shape index (κ1) is 31.0. The van der Waals surface area contributed by atoms with Crippen molar-refractivity contribution in [1.82, 2.24) is 9.97 Å². The molecule has 0 fully saturated rings. The van der Waals surface area contributed by atoms with Gasteiger partial charge >= 0.3 is 0 Å². The summed E-state index contributed by atoms with van der Waals surface area (Å²) in [5.74, 6) is 0.698. The summed E-state index contributed by atoms with van der Waals surface area (Å²) in [6.07, 6.45) is 0. The van der Waals surface area contributed by atoms with Gasteiger partial charge in [0, 0.05) is 33.0 Å². The molecule has 8 aromatic carbocycles. The zero-order valence-electron chi connectivity index (χ0n) is 30.3. The summed E-state index contributed by atoms with van der Waals surface area (Å²) >= 11 is 0. The number of hydrogen-bond donors (Lipinski definition) is 0. The number of fused-ring (bicyclic) bond motifs is 13. The summed E-state index contributed by atoms with van der Waals surface area (Å²) in [6.45, 7) is 0. The second kappa shape index (κ2) is 11.8. The van der Waals surface area contributed by atoms with E-state index in [1.807, 2.05) is 30.3 Å². The molecule has 0 unspecified atom stereocenters. The zero-order chi connectivity index (χ0) is 36.8. The van der Waals surface area contributed by atoms with Crippen LogP contribution in [0.4, 0.5) is 0 Å². The van der Waals surface area contributed by atoms with Crippen LogP contribution in [-0.2, 0) is 5.41 Å². The number of nitrogens with zero attached hydrogens (tertiary/aromatic N) is 2. The van der Waals surface area contributed by atoms with Gasteiger partial charge in [0.2, 0.25) is 0 Å². The first-order valence-electron chi connectivity index (χ1n) is 19.2. The highest BCUT2D eigenvalue weighted by Crippen LogP contribution is 2.63. The van der Waals surface area contributed by atoms with Crippen LogP contribution in [0.2, 0.25) is 0 Å². The Balaban J connectivity index is 1.05. The fraction of sp³-hybridized carbons (Fsp3) is 0.0189. The van der Waals surface area contributed by atoms with Gasteiger partial charge in [0.25, 0.3) is 0 Å². The van der Waals surface area contributed by atoms with Crippen LogP contribution < -0.4 is 0 Å². The number of hydrogen-bond acceptors (Lipinski definition) is 3. The maximum atomic E-state index is 6.40. The molecule has 1 spiro atoms.